The van der Waals surface area contributed by atoms with Crippen LogP contribution in [0.2, 0.25) is 5.02 Å². The summed E-state index contributed by atoms with van der Waals surface area (Å²) in [4.78, 5) is 22.1. The van der Waals surface area contributed by atoms with Crippen LogP contribution in [0.4, 0.5) is 5.69 Å². The van der Waals surface area contributed by atoms with Gasteiger partial charge in [0.05, 0.1) is 11.0 Å². The predicted octanol–water partition coefficient (Wildman–Crippen LogP) is 2.67. The summed E-state index contributed by atoms with van der Waals surface area (Å²) in [5.41, 5.74) is -0.482. The Balaban J connectivity index is 3.02. The SMILES string of the molecule is CCCC(C#N)NC(=O)c1cc(Cl)ccc1[N+](=O)[O-]. The lowest BCUT2D eigenvalue weighted by molar-refractivity contribution is -0.385. The molecule has 0 aliphatic rings. The third-order valence-electron chi connectivity index (χ3n) is 2.44. The van der Waals surface area contributed by atoms with Crippen molar-refractivity contribution >= 4 is 23.2 Å². The van der Waals surface area contributed by atoms with E-state index in [1.165, 1.54) is 18.2 Å². The molecule has 1 rings (SSSR count). The molecule has 7 heteroatoms. The second kappa shape index (κ2) is 6.71. The van der Waals surface area contributed by atoms with Gasteiger partial charge in [0.15, 0.2) is 0 Å². The van der Waals surface area contributed by atoms with Gasteiger partial charge in [-0.2, -0.15) is 5.26 Å². The molecule has 1 aromatic carbocycles. The highest BCUT2D eigenvalue weighted by molar-refractivity contribution is 6.31. The average molecular weight is 282 g/mol. The molecular formula is C12H12ClN3O3. The van der Waals surface area contributed by atoms with Gasteiger partial charge < -0.3 is 5.32 Å². The second-order valence-electron chi connectivity index (χ2n) is 3.86. The lowest BCUT2D eigenvalue weighted by Crippen LogP contribution is -2.34. The predicted molar refractivity (Wildman–Crippen MR) is 69.9 cm³/mol. The summed E-state index contributed by atoms with van der Waals surface area (Å²) in [5, 5.41) is 22.4. The zero-order chi connectivity index (χ0) is 14.4. The fourth-order valence-electron chi connectivity index (χ4n) is 1.54. The number of nitriles is 1. The molecule has 1 N–H and O–H groups in total. The highest BCUT2D eigenvalue weighted by Gasteiger charge is 2.22. The minimum absolute atomic E-state index is 0.145. The number of nitrogens with one attached hydrogen (secondary N) is 1. The van der Waals surface area contributed by atoms with E-state index < -0.39 is 16.9 Å². The van der Waals surface area contributed by atoms with Crippen molar-refractivity contribution in [3.8, 4) is 6.07 Å². The van der Waals surface area contributed by atoms with Crippen LogP contribution in [-0.4, -0.2) is 16.9 Å². The van der Waals surface area contributed by atoms with Crippen LogP contribution in [0.1, 0.15) is 30.1 Å². The lowest BCUT2D eigenvalue weighted by atomic mass is 10.1. The highest BCUT2D eigenvalue weighted by Crippen LogP contribution is 2.22. The van der Waals surface area contributed by atoms with E-state index in [9.17, 15) is 14.9 Å². The Morgan fingerprint density at radius 3 is 2.84 bits per heavy atom. The van der Waals surface area contributed by atoms with Crippen LogP contribution in [0.5, 0.6) is 0 Å². The summed E-state index contributed by atoms with van der Waals surface area (Å²) in [6, 6.07) is 4.98. The van der Waals surface area contributed by atoms with Crippen molar-refractivity contribution in [1.82, 2.24) is 5.32 Å². The number of carbonyl (C=O) groups excluding carboxylic acids is 1. The molecule has 0 radical (unpaired) electrons. The first kappa shape index (κ1) is 14.9. The van der Waals surface area contributed by atoms with E-state index in [2.05, 4.69) is 5.32 Å². The topological polar surface area (TPSA) is 96.0 Å². The number of hydrogen-bond donors (Lipinski definition) is 1. The first-order valence-corrected chi connectivity index (χ1v) is 6.01. The molecule has 1 amide bonds. The quantitative estimate of drug-likeness (QED) is 0.663. The summed E-state index contributed by atoms with van der Waals surface area (Å²) in [6.45, 7) is 1.87. The zero-order valence-corrected chi connectivity index (χ0v) is 11.0. The van der Waals surface area contributed by atoms with Crippen molar-refractivity contribution in [2.45, 2.75) is 25.8 Å². The summed E-state index contributed by atoms with van der Waals surface area (Å²) < 4.78 is 0. The van der Waals surface area contributed by atoms with Gasteiger partial charge >= 0.3 is 0 Å². The van der Waals surface area contributed by atoms with Gasteiger partial charge in [0.2, 0.25) is 0 Å². The van der Waals surface area contributed by atoms with E-state index in [1.54, 1.807) is 0 Å². The molecule has 0 aliphatic heterocycles. The first-order valence-electron chi connectivity index (χ1n) is 5.64. The van der Waals surface area contributed by atoms with Gasteiger partial charge in [-0.25, -0.2) is 0 Å². The minimum Gasteiger partial charge on any atom is -0.336 e. The van der Waals surface area contributed by atoms with E-state index in [0.717, 1.165) is 6.42 Å². The van der Waals surface area contributed by atoms with Crippen molar-refractivity contribution in [2.75, 3.05) is 0 Å². The molecule has 0 aromatic heterocycles. The third kappa shape index (κ3) is 3.93. The molecular weight excluding hydrogens is 270 g/mol. The first-order chi connectivity index (χ1) is 8.99. The van der Waals surface area contributed by atoms with E-state index in [-0.39, 0.29) is 16.3 Å². The average Bonchev–Trinajstić information content (AvgIpc) is 2.37. The molecule has 0 saturated carbocycles. The molecule has 100 valence electrons. The molecule has 0 fully saturated rings. The molecule has 6 nitrogen and oxygen atoms in total. The normalized spacial score (nSPS) is 11.4. The maximum absolute atomic E-state index is 11.9. The van der Waals surface area contributed by atoms with Crippen molar-refractivity contribution in [3.63, 3.8) is 0 Å². The second-order valence-corrected chi connectivity index (χ2v) is 4.30. The smallest absolute Gasteiger partial charge is 0.282 e. The van der Waals surface area contributed by atoms with Gasteiger partial charge in [-0.1, -0.05) is 24.9 Å². The van der Waals surface area contributed by atoms with Crippen LogP contribution < -0.4 is 5.32 Å². The van der Waals surface area contributed by atoms with Crippen LogP contribution in [0, 0.1) is 21.4 Å². The Kier molecular flexibility index (Phi) is 5.27. The number of hydrogen-bond acceptors (Lipinski definition) is 4. The van der Waals surface area contributed by atoms with Gasteiger partial charge in [-0.05, 0) is 18.6 Å². The maximum Gasteiger partial charge on any atom is 0.282 e. The molecule has 19 heavy (non-hydrogen) atoms. The Labute approximate surface area is 115 Å². The summed E-state index contributed by atoms with van der Waals surface area (Å²) in [5.74, 6) is -0.672. The molecule has 0 aliphatic carbocycles. The van der Waals surface area contributed by atoms with Gasteiger partial charge in [0.1, 0.15) is 11.6 Å². The number of amides is 1. The Morgan fingerprint density at radius 2 is 2.32 bits per heavy atom. The summed E-state index contributed by atoms with van der Waals surface area (Å²) in [6.07, 6.45) is 1.20. The van der Waals surface area contributed by atoms with Crippen molar-refractivity contribution in [1.29, 1.82) is 5.26 Å². The van der Waals surface area contributed by atoms with E-state index in [1.807, 2.05) is 13.0 Å². The number of rotatable bonds is 5. The van der Waals surface area contributed by atoms with Crippen LogP contribution in [0.25, 0.3) is 0 Å². The van der Waals surface area contributed by atoms with Gasteiger partial charge in [-0.3, -0.25) is 14.9 Å². The van der Waals surface area contributed by atoms with Crippen molar-refractivity contribution in [2.24, 2.45) is 0 Å². The van der Waals surface area contributed by atoms with Crippen LogP contribution in [0.3, 0.4) is 0 Å². The molecule has 0 bridgehead atoms. The number of nitro groups is 1. The van der Waals surface area contributed by atoms with Gasteiger partial charge in [-0.15, -0.1) is 0 Å². The summed E-state index contributed by atoms with van der Waals surface area (Å²) >= 11 is 5.73. The van der Waals surface area contributed by atoms with E-state index in [0.29, 0.717) is 6.42 Å². The largest absolute Gasteiger partial charge is 0.336 e. The monoisotopic (exact) mass is 281 g/mol. The Morgan fingerprint density at radius 1 is 1.63 bits per heavy atom. The number of benzene rings is 1. The van der Waals surface area contributed by atoms with E-state index in [4.69, 9.17) is 16.9 Å². The highest BCUT2D eigenvalue weighted by atomic mass is 35.5. The maximum atomic E-state index is 11.9. The summed E-state index contributed by atoms with van der Waals surface area (Å²) in [7, 11) is 0. The number of nitro benzene ring substituents is 1. The number of halogens is 1. The molecule has 0 saturated heterocycles. The third-order valence-corrected chi connectivity index (χ3v) is 2.67. The minimum atomic E-state index is -0.672. The fourth-order valence-corrected chi connectivity index (χ4v) is 1.72. The standard InChI is InChI=1S/C12H12ClN3O3/c1-2-3-9(7-14)15-12(17)10-6-8(13)4-5-11(10)16(18)19/h4-6,9H,2-3H2,1H3,(H,15,17). The van der Waals surface area contributed by atoms with Crippen LogP contribution >= 0.6 is 11.6 Å². The van der Waals surface area contributed by atoms with Gasteiger partial charge in [0, 0.05) is 11.1 Å². The van der Waals surface area contributed by atoms with Crippen molar-refractivity contribution < 1.29 is 9.72 Å². The Hall–Kier alpha value is -2.13. The number of nitrogens with zero attached hydrogens (tertiary/aromatic N) is 2. The molecule has 1 atom stereocenters. The zero-order valence-electron chi connectivity index (χ0n) is 10.2. The van der Waals surface area contributed by atoms with Crippen molar-refractivity contribution in [3.05, 3.63) is 38.9 Å². The molecule has 1 unspecified atom stereocenters. The Bertz CT molecular complexity index is 540. The van der Waals surface area contributed by atoms with Crippen LogP contribution in [-0.2, 0) is 0 Å². The van der Waals surface area contributed by atoms with E-state index >= 15 is 0 Å². The molecule has 1 aromatic rings. The lowest BCUT2D eigenvalue weighted by Gasteiger charge is -2.10. The van der Waals surface area contributed by atoms with Gasteiger partial charge in [0.25, 0.3) is 11.6 Å². The molecule has 0 spiro atoms. The fraction of sp³-hybridized carbons (Fsp3) is 0.333. The van der Waals surface area contributed by atoms with Crippen LogP contribution in [0.15, 0.2) is 18.2 Å². The molecule has 0 heterocycles. The number of carbonyl (C=O) groups is 1.